The van der Waals surface area contributed by atoms with Crippen LogP contribution in [-0.4, -0.2) is 34.0 Å². The van der Waals surface area contributed by atoms with Gasteiger partial charge < -0.3 is 10.0 Å². The van der Waals surface area contributed by atoms with E-state index in [0.717, 1.165) is 32.5 Å². The van der Waals surface area contributed by atoms with Crippen LogP contribution in [0.25, 0.3) is 21.2 Å². The highest BCUT2D eigenvalue weighted by atomic mass is 35.5. The minimum absolute atomic E-state index is 0.250. The number of aromatic nitrogens is 1. The molecule has 0 aliphatic carbocycles. The van der Waals surface area contributed by atoms with Crippen molar-refractivity contribution < 1.29 is 9.90 Å². The summed E-state index contributed by atoms with van der Waals surface area (Å²) < 4.78 is 0.941. The van der Waals surface area contributed by atoms with E-state index in [2.05, 4.69) is 4.98 Å². The van der Waals surface area contributed by atoms with E-state index in [1.165, 1.54) is 5.56 Å². The predicted molar refractivity (Wildman–Crippen MR) is 101 cm³/mol. The van der Waals surface area contributed by atoms with Gasteiger partial charge in [-0.15, -0.1) is 11.3 Å². The summed E-state index contributed by atoms with van der Waals surface area (Å²) in [5.74, 6) is -0.250. The quantitative estimate of drug-likeness (QED) is 0.712. The zero-order valence-electron chi connectivity index (χ0n) is 13.1. The predicted octanol–water partition coefficient (Wildman–Crippen LogP) is 4.15. The first-order valence-corrected chi connectivity index (χ1v) is 9.38. The van der Waals surface area contributed by atoms with Crippen molar-refractivity contribution in [3.8, 4) is 11.1 Å². The molecule has 1 aliphatic heterocycles. The van der Waals surface area contributed by atoms with Gasteiger partial charge in [0.25, 0.3) is 0 Å². The van der Waals surface area contributed by atoms with Gasteiger partial charge in [0.2, 0.25) is 5.91 Å². The summed E-state index contributed by atoms with van der Waals surface area (Å²) in [5.41, 5.74) is 3.21. The van der Waals surface area contributed by atoms with Gasteiger partial charge in [0.15, 0.2) is 0 Å². The lowest BCUT2D eigenvalue weighted by Gasteiger charge is -2.26. The Morgan fingerprint density at radius 2 is 2.24 bits per heavy atom. The number of fused-ring (bicyclic) bond motifs is 3. The summed E-state index contributed by atoms with van der Waals surface area (Å²) in [6.45, 7) is 0.618. The van der Waals surface area contributed by atoms with Gasteiger partial charge >= 0.3 is 0 Å². The number of benzene rings is 1. The lowest BCUT2D eigenvalue weighted by atomic mass is 9.96. The molecule has 3 heterocycles. The highest BCUT2D eigenvalue weighted by Gasteiger charge is 2.27. The molecule has 0 saturated carbocycles. The van der Waals surface area contributed by atoms with Crippen molar-refractivity contribution in [3.63, 3.8) is 0 Å². The fraction of sp³-hybridized carbons (Fsp3) is 0.222. The van der Waals surface area contributed by atoms with E-state index in [-0.39, 0.29) is 5.91 Å². The normalized spacial score (nSPS) is 14.0. The second-order valence-corrected chi connectivity index (χ2v) is 7.78. The molecular weight excluding hydrogens is 379 g/mol. The number of carbonyl (C=O) groups is 1. The Morgan fingerprint density at radius 3 is 2.96 bits per heavy atom. The third kappa shape index (κ3) is 2.81. The summed E-state index contributed by atoms with van der Waals surface area (Å²) in [6, 6.07) is 5.78. The van der Waals surface area contributed by atoms with Gasteiger partial charge in [-0.05, 0) is 29.7 Å². The van der Waals surface area contributed by atoms with Gasteiger partial charge in [0.05, 0.1) is 21.3 Å². The standard InChI is InChI=1S/C18H14Cl2N2O2S/c19-13-6-12(10-2-1-4-21-7-10)16-11-3-5-22(15(24)9-23)8-14(11)25-18(16)17(13)20/h1-2,4,6-7,23H,3,5,8-9H2. The molecule has 0 bridgehead atoms. The van der Waals surface area contributed by atoms with Crippen molar-refractivity contribution in [2.45, 2.75) is 13.0 Å². The number of carbonyl (C=O) groups excluding carboxylic acids is 1. The average molecular weight is 393 g/mol. The molecule has 0 spiro atoms. The van der Waals surface area contributed by atoms with E-state index in [0.29, 0.717) is 23.1 Å². The maximum absolute atomic E-state index is 11.8. The molecular formula is C18H14Cl2N2O2S. The molecule has 0 radical (unpaired) electrons. The van der Waals surface area contributed by atoms with Gasteiger partial charge in [-0.2, -0.15) is 0 Å². The van der Waals surface area contributed by atoms with Crippen LogP contribution in [0.15, 0.2) is 30.6 Å². The molecule has 1 aromatic carbocycles. The molecule has 0 atom stereocenters. The smallest absolute Gasteiger partial charge is 0.248 e. The molecule has 3 aromatic rings. The number of aliphatic hydroxyl groups is 1. The third-order valence-electron chi connectivity index (χ3n) is 4.47. The summed E-state index contributed by atoms with van der Waals surface area (Å²) in [5, 5.41) is 11.3. The van der Waals surface area contributed by atoms with Crippen LogP contribution in [0.2, 0.25) is 10.0 Å². The van der Waals surface area contributed by atoms with E-state index in [1.807, 2.05) is 24.4 Å². The number of rotatable bonds is 2. The minimum atomic E-state index is -0.465. The zero-order valence-corrected chi connectivity index (χ0v) is 15.5. The maximum atomic E-state index is 11.8. The molecule has 1 N–H and O–H groups in total. The Kier molecular flexibility index (Phi) is 4.41. The van der Waals surface area contributed by atoms with Crippen LogP contribution in [0.4, 0.5) is 0 Å². The molecule has 2 aromatic heterocycles. The molecule has 7 heteroatoms. The highest BCUT2D eigenvalue weighted by Crippen LogP contribution is 2.46. The third-order valence-corrected chi connectivity index (χ3v) is 6.60. The van der Waals surface area contributed by atoms with Crippen molar-refractivity contribution in [3.05, 3.63) is 51.1 Å². The molecule has 0 fully saturated rings. The number of thiophene rings is 1. The van der Waals surface area contributed by atoms with Crippen molar-refractivity contribution in [1.29, 1.82) is 0 Å². The largest absolute Gasteiger partial charge is 0.387 e. The number of nitrogens with zero attached hydrogens (tertiary/aromatic N) is 2. The van der Waals surface area contributed by atoms with Gasteiger partial charge in [0, 0.05) is 34.8 Å². The zero-order chi connectivity index (χ0) is 17.6. The van der Waals surface area contributed by atoms with Crippen molar-refractivity contribution >= 4 is 50.5 Å². The molecule has 0 saturated heterocycles. The van der Waals surface area contributed by atoms with E-state index < -0.39 is 6.61 Å². The van der Waals surface area contributed by atoms with Crippen LogP contribution >= 0.6 is 34.5 Å². The van der Waals surface area contributed by atoms with E-state index in [9.17, 15) is 4.79 Å². The molecule has 0 unspecified atom stereocenters. The van der Waals surface area contributed by atoms with Crippen LogP contribution in [0.1, 0.15) is 10.4 Å². The summed E-state index contributed by atoms with van der Waals surface area (Å²) in [6.07, 6.45) is 4.28. The van der Waals surface area contributed by atoms with Crippen molar-refractivity contribution in [2.24, 2.45) is 0 Å². The Hall–Kier alpha value is -1.66. The SMILES string of the molecule is O=C(CO)N1CCc2c(sc3c(Cl)c(Cl)cc(-c4cccnc4)c23)C1. The van der Waals surface area contributed by atoms with Crippen molar-refractivity contribution in [2.75, 3.05) is 13.2 Å². The second kappa shape index (κ2) is 6.57. The summed E-state index contributed by atoms with van der Waals surface area (Å²) >= 11 is 14.4. The lowest BCUT2D eigenvalue weighted by Crippen LogP contribution is -2.37. The Balaban J connectivity index is 1.93. The number of aliphatic hydroxyl groups excluding tert-OH is 1. The van der Waals surface area contributed by atoms with E-state index >= 15 is 0 Å². The van der Waals surface area contributed by atoms with Crippen LogP contribution in [0, 0.1) is 0 Å². The number of pyridine rings is 1. The topological polar surface area (TPSA) is 53.4 Å². The molecule has 4 rings (SSSR count). The number of amides is 1. The molecule has 1 amide bonds. The first kappa shape index (κ1) is 16.8. The van der Waals surface area contributed by atoms with Gasteiger partial charge in [-0.25, -0.2) is 0 Å². The highest BCUT2D eigenvalue weighted by molar-refractivity contribution is 7.20. The number of hydrogen-bond donors (Lipinski definition) is 1. The van der Waals surface area contributed by atoms with Gasteiger partial charge in [0.1, 0.15) is 6.61 Å². The monoisotopic (exact) mass is 392 g/mol. The first-order chi connectivity index (χ1) is 12.1. The van der Waals surface area contributed by atoms with Crippen molar-refractivity contribution in [1.82, 2.24) is 9.88 Å². The molecule has 4 nitrogen and oxygen atoms in total. The Bertz CT molecular complexity index is 972. The van der Waals surface area contributed by atoms with Crippen LogP contribution in [-0.2, 0) is 17.8 Å². The number of halogens is 2. The fourth-order valence-corrected chi connectivity index (χ4v) is 5.13. The average Bonchev–Trinajstić information content (AvgIpc) is 3.03. The summed E-state index contributed by atoms with van der Waals surface area (Å²) in [7, 11) is 0. The first-order valence-electron chi connectivity index (χ1n) is 7.81. The fourth-order valence-electron chi connectivity index (χ4n) is 3.28. The van der Waals surface area contributed by atoms with E-state index in [1.54, 1.807) is 22.4 Å². The number of hydrogen-bond acceptors (Lipinski definition) is 4. The van der Waals surface area contributed by atoms with Gasteiger partial charge in [-0.3, -0.25) is 9.78 Å². The molecule has 128 valence electrons. The van der Waals surface area contributed by atoms with Crippen LogP contribution < -0.4 is 0 Å². The minimum Gasteiger partial charge on any atom is -0.387 e. The molecule has 1 aliphatic rings. The van der Waals surface area contributed by atoms with Crippen LogP contribution in [0.5, 0.6) is 0 Å². The summed E-state index contributed by atoms with van der Waals surface area (Å²) in [4.78, 5) is 18.8. The second-order valence-electron chi connectivity index (χ2n) is 5.89. The van der Waals surface area contributed by atoms with E-state index in [4.69, 9.17) is 28.3 Å². The molecule has 25 heavy (non-hydrogen) atoms. The Morgan fingerprint density at radius 1 is 1.40 bits per heavy atom. The Labute approximate surface area is 158 Å². The van der Waals surface area contributed by atoms with Gasteiger partial charge in [-0.1, -0.05) is 29.3 Å². The lowest BCUT2D eigenvalue weighted by molar-refractivity contribution is -0.135. The maximum Gasteiger partial charge on any atom is 0.248 e. The van der Waals surface area contributed by atoms with Crippen LogP contribution in [0.3, 0.4) is 0 Å².